The summed E-state index contributed by atoms with van der Waals surface area (Å²) >= 11 is 16.3. The zero-order chi connectivity index (χ0) is 13.8. The van der Waals surface area contributed by atoms with Gasteiger partial charge in [0, 0.05) is 12.6 Å². The van der Waals surface area contributed by atoms with Crippen molar-refractivity contribution in [2.45, 2.75) is 48.9 Å². The third kappa shape index (κ3) is 6.26. The van der Waals surface area contributed by atoms with Crippen LogP contribution in [0.25, 0.3) is 0 Å². The summed E-state index contributed by atoms with van der Waals surface area (Å²) in [5, 5.41) is 0. The molecule has 0 N–H and O–H groups in total. The van der Waals surface area contributed by atoms with E-state index in [2.05, 4.69) is 11.1 Å². The van der Waals surface area contributed by atoms with E-state index in [1.807, 2.05) is 0 Å². The van der Waals surface area contributed by atoms with Gasteiger partial charge in [-0.3, -0.25) is 4.18 Å². The predicted octanol–water partition coefficient (Wildman–Crippen LogP) is 3.27. The largest absolute Gasteiger partial charge is 0.338 e. The lowest BCUT2D eigenvalue weighted by molar-refractivity contribution is 0.304. The van der Waals surface area contributed by atoms with Gasteiger partial charge in [-0.2, -0.15) is 12.7 Å². The van der Waals surface area contributed by atoms with Crippen molar-refractivity contribution in [3.63, 3.8) is 0 Å². The van der Waals surface area contributed by atoms with Crippen LogP contribution in [0.3, 0.4) is 0 Å². The first-order chi connectivity index (χ1) is 8.26. The van der Waals surface area contributed by atoms with Crippen LogP contribution in [-0.2, 0) is 14.5 Å². The van der Waals surface area contributed by atoms with Gasteiger partial charge in [-0.05, 0) is 6.42 Å². The van der Waals surface area contributed by atoms with Crippen molar-refractivity contribution >= 4 is 45.1 Å². The van der Waals surface area contributed by atoms with Gasteiger partial charge in [-0.25, -0.2) is 0 Å². The third-order valence-electron chi connectivity index (χ3n) is 2.71. The minimum Gasteiger partial charge on any atom is -0.253 e. The highest BCUT2D eigenvalue weighted by atomic mass is 35.6. The molecule has 1 rings (SSSR count). The lowest BCUT2D eigenvalue weighted by Gasteiger charge is -2.11. The van der Waals surface area contributed by atoms with E-state index in [0.717, 1.165) is 19.3 Å². The Hall–Kier alpha value is 0.740. The minimum atomic E-state index is -3.73. The van der Waals surface area contributed by atoms with Gasteiger partial charge in [-0.15, -0.1) is 0 Å². The number of nitrogens with zero attached hydrogens (tertiary/aromatic N) is 1. The molecule has 1 aliphatic rings. The summed E-state index contributed by atoms with van der Waals surface area (Å²) in [6.07, 6.45) is 5.39. The van der Waals surface area contributed by atoms with Crippen LogP contribution < -0.4 is 0 Å². The maximum absolute atomic E-state index is 11.7. The van der Waals surface area contributed by atoms with E-state index in [4.69, 9.17) is 34.8 Å². The maximum Gasteiger partial charge on any atom is 0.338 e. The molecule has 0 bridgehead atoms. The molecule has 0 aromatic carbocycles. The van der Waals surface area contributed by atoms with Gasteiger partial charge in [0.1, 0.15) is 6.61 Å². The average molecular weight is 339 g/mol. The van der Waals surface area contributed by atoms with Gasteiger partial charge in [0.05, 0.1) is 0 Å². The van der Waals surface area contributed by atoms with E-state index in [1.54, 1.807) is 0 Å². The highest BCUT2D eigenvalue weighted by molar-refractivity contribution is 7.84. The summed E-state index contributed by atoms with van der Waals surface area (Å²) in [6.45, 7) is 2.19. The fourth-order valence-electron chi connectivity index (χ4n) is 1.69. The van der Waals surface area contributed by atoms with Crippen LogP contribution in [0.1, 0.15) is 39.0 Å². The number of rotatable bonds is 8. The van der Waals surface area contributed by atoms with E-state index in [-0.39, 0.29) is 6.04 Å². The molecule has 0 radical (unpaired) electrons. The Morgan fingerprint density at radius 1 is 1.28 bits per heavy atom. The Balaban J connectivity index is 2.26. The van der Waals surface area contributed by atoms with Crippen LogP contribution in [0.2, 0.25) is 0 Å². The molecule has 0 amide bonds. The highest BCUT2D eigenvalue weighted by Gasteiger charge is 2.44. The monoisotopic (exact) mass is 337 g/mol. The Labute approximate surface area is 124 Å². The molecule has 4 nitrogen and oxygen atoms in total. The zero-order valence-electron chi connectivity index (χ0n) is 10.2. The van der Waals surface area contributed by atoms with Crippen molar-refractivity contribution in [3.05, 3.63) is 0 Å². The smallest absolute Gasteiger partial charge is 0.253 e. The second-order valence-electron chi connectivity index (χ2n) is 4.41. The van der Waals surface area contributed by atoms with E-state index < -0.39 is 20.7 Å². The molecule has 1 aliphatic heterocycles. The number of alkyl halides is 3. The van der Waals surface area contributed by atoms with E-state index in [0.29, 0.717) is 6.54 Å². The molecular weight excluding hydrogens is 321 g/mol. The van der Waals surface area contributed by atoms with Crippen molar-refractivity contribution in [1.82, 2.24) is 4.31 Å². The van der Waals surface area contributed by atoms with Crippen LogP contribution in [0.15, 0.2) is 0 Å². The third-order valence-corrected chi connectivity index (χ3v) is 4.48. The van der Waals surface area contributed by atoms with Crippen molar-refractivity contribution in [2.75, 3.05) is 13.2 Å². The molecule has 108 valence electrons. The van der Waals surface area contributed by atoms with Crippen molar-refractivity contribution in [3.8, 4) is 0 Å². The van der Waals surface area contributed by atoms with Crippen LogP contribution in [0.4, 0.5) is 0 Å². The quantitative estimate of drug-likeness (QED) is 0.388. The summed E-state index contributed by atoms with van der Waals surface area (Å²) in [5.41, 5.74) is 0. The van der Waals surface area contributed by atoms with E-state index in [9.17, 15) is 8.42 Å². The Kier molecular flexibility index (Phi) is 6.49. The molecule has 1 saturated heterocycles. The van der Waals surface area contributed by atoms with Crippen molar-refractivity contribution < 1.29 is 12.6 Å². The second-order valence-corrected chi connectivity index (χ2v) is 8.48. The first kappa shape index (κ1) is 16.8. The number of hydrogen-bond acceptors (Lipinski definition) is 3. The molecule has 0 aliphatic carbocycles. The number of unbranched alkanes of at least 4 members (excludes halogenated alkanes) is 3. The van der Waals surface area contributed by atoms with Gasteiger partial charge >= 0.3 is 10.3 Å². The molecule has 18 heavy (non-hydrogen) atoms. The van der Waals surface area contributed by atoms with Gasteiger partial charge in [0.25, 0.3) is 0 Å². The molecule has 0 aromatic heterocycles. The van der Waals surface area contributed by atoms with Crippen LogP contribution in [0, 0.1) is 0 Å². The molecule has 0 spiro atoms. The molecular formula is C10H18Cl3NO3S. The van der Waals surface area contributed by atoms with Crippen molar-refractivity contribution in [2.24, 2.45) is 0 Å². The zero-order valence-corrected chi connectivity index (χ0v) is 13.3. The molecule has 8 heteroatoms. The first-order valence-corrected chi connectivity index (χ1v) is 8.49. The molecule has 2 unspecified atom stereocenters. The van der Waals surface area contributed by atoms with Gasteiger partial charge in [-0.1, -0.05) is 67.4 Å². The first-order valence-electron chi connectivity index (χ1n) is 5.99. The minimum absolute atomic E-state index is 0.0576. The molecule has 1 fully saturated rings. The summed E-state index contributed by atoms with van der Waals surface area (Å²) in [6, 6.07) is 0.0576. The standard InChI is InChI=1S/C10H18Cl3NO3S/c1-2-3-4-5-6-9-7-14(9)18(15,16)17-8-10(11,12)13/h9H,2-8H2,1H3. The molecule has 0 aromatic rings. The fraction of sp³-hybridized carbons (Fsp3) is 1.00. The summed E-state index contributed by atoms with van der Waals surface area (Å²) in [4.78, 5) is 0. The van der Waals surface area contributed by atoms with Crippen LogP contribution in [-0.4, -0.2) is 35.7 Å². The van der Waals surface area contributed by atoms with Gasteiger partial charge in [0.2, 0.25) is 3.79 Å². The topological polar surface area (TPSA) is 46.4 Å². The average Bonchev–Trinajstić information content (AvgIpc) is 3.01. The lowest BCUT2D eigenvalue weighted by atomic mass is 10.1. The van der Waals surface area contributed by atoms with Gasteiger partial charge in [0.15, 0.2) is 0 Å². The second kappa shape index (κ2) is 6.95. The molecule has 2 atom stereocenters. The van der Waals surface area contributed by atoms with Gasteiger partial charge < -0.3 is 0 Å². The molecule has 0 saturated carbocycles. The Morgan fingerprint density at radius 2 is 1.94 bits per heavy atom. The Bertz CT molecular complexity index is 356. The number of hydrogen-bond donors (Lipinski definition) is 0. The lowest BCUT2D eigenvalue weighted by Crippen LogP contribution is -2.23. The highest BCUT2D eigenvalue weighted by Crippen LogP contribution is 2.31. The van der Waals surface area contributed by atoms with E-state index in [1.165, 1.54) is 17.1 Å². The summed E-state index contributed by atoms with van der Waals surface area (Å²) < 4.78 is 27.6. The number of halogens is 3. The Morgan fingerprint density at radius 3 is 2.50 bits per heavy atom. The predicted molar refractivity (Wildman–Crippen MR) is 74.4 cm³/mol. The SMILES string of the molecule is CCCCCCC1CN1S(=O)(=O)OCC(Cl)(Cl)Cl. The summed E-state index contributed by atoms with van der Waals surface area (Å²) in [7, 11) is -3.73. The summed E-state index contributed by atoms with van der Waals surface area (Å²) in [5.74, 6) is 0. The maximum atomic E-state index is 11.7. The van der Waals surface area contributed by atoms with Crippen LogP contribution in [0.5, 0.6) is 0 Å². The van der Waals surface area contributed by atoms with Crippen molar-refractivity contribution in [1.29, 1.82) is 0 Å². The molecule has 1 heterocycles. The normalized spacial score (nSPS) is 24.2. The fourth-order valence-corrected chi connectivity index (χ4v) is 3.33. The van der Waals surface area contributed by atoms with Crippen LogP contribution >= 0.6 is 34.8 Å². The van der Waals surface area contributed by atoms with E-state index >= 15 is 0 Å².